The van der Waals surface area contributed by atoms with Crippen LogP contribution >= 0.6 is 0 Å². The van der Waals surface area contributed by atoms with E-state index in [9.17, 15) is 4.79 Å². The smallest absolute Gasteiger partial charge is 0.183 e. The monoisotopic (exact) mass is 268 g/mol. The van der Waals surface area contributed by atoms with Gasteiger partial charge in [0.25, 0.3) is 0 Å². The topological polar surface area (TPSA) is 42.0 Å². The number of nitrogens with zero attached hydrogens (tertiary/aromatic N) is 1. The maximum absolute atomic E-state index is 13.1. The molecule has 0 spiro atoms. The van der Waals surface area contributed by atoms with Gasteiger partial charge >= 0.3 is 0 Å². The van der Waals surface area contributed by atoms with E-state index in [-0.39, 0.29) is 11.3 Å². The summed E-state index contributed by atoms with van der Waals surface area (Å²) >= 11 is 0. The number of hydrogen-bond acceptors (Lipinski definition) is 3. The first kappa shape index (κ1) is 13.3. The van der Waals surface area contributed by atoms with Crippen LogP contribution in [-0.4, -0.2) is 22.9 Å². The van der Waals surface area contributed by atoms with Crippen LogP contribution in [0.5, 0.6) is 0 Å². The Bertz CT molecular complexity index is 624. The molecule has 20 heavy (non-hydrogen) atoms. The maximum atomic E-state index is 13.1. The molecule has 0 amide bonds. The van der Waals surface area contributed by atoms with Gasteiger partial charge in [0.05, 0.1) is 11.1 Å². The summed E-state index contributed by atoms with van der Waals surface area (Å²) in [5, 5.41) is 4.43. The number of Topliss-reactive ketones (excluding diaryl/α,β-unsaturated/α-hetero) is 1. The van der Waals surface area contributed by atoms with Crippen molar-refractivity contribution in [2.75, 3.05) is 6.54 Å². The molecule has 1 aromatic heterocycles. The number of hydrogen-bond donors (Lipinski definition) is 1. The molecule has 1 fully saturated rings. The van der Waals surface area contributed by atoms with Crippen LogP contribution in [0.1, 0.15) is 43.0 Å². The summed E-state index contributed by atoms with van der Waals surface area (Å²) in [5.41, 5.74) is 1.33. The second kappa shape index (κ2) is 5.33. The number of nitrogens with one attached hydrogen (secondary N) is 1. The van der Waals surface area contributed by atoms with Crippen molar-refractivity contribution >= 4 is 16.7 Å². The van der Waals surface area contributed by atoms with E-state index in [4.69, 9.17) is 0 Å². The molecule has 1 unspecified atom stereocenters. The van der Waals surface area contributed by atoms with Crippen LogP contribution in [-0.2, 0) is 0 Å². The lowest BCUT2D eigenvalue weighted by molar-refractivity contribution is 0.0859. The Hall–Kier alpha value is -1.74. The number of carbonyl (C=O) groups excluding carboxylic acids is 1. The summed E-state index contributed by atoms with van der Waals surface area (Å²) in [6.07, 6.45) is 5.71. The van der Waals surface area contributed by atoms with Crippen LogP contribution in [0.15, 0.2) is 36.5 Å². The second-order valence-corrected chi connectivity index (χ2v) is 5.57. The zero-order valence-electron chi connectivity index (χ0n) is 11.9. The predicted molar refractivity (Wildman–Crippen MR) is 80.9 cm³/mol. The van der Waals surface area contributed by atoms with Crippen molar-refractivity contribution < 1.29 is 4.79 Å². The van der Waals surface area contributed by atoms with Crippen molar-refractivity contribution in [2.45, 2.75) is 38.1 Å². The minimum atomic E-state index is -0.362. The van der Waals surface area contributed by atoms with E-state index < -0.39 is 0 Å². The highest BCUT2D eigenvalue weighted by atomic mass is 16.1. The van der Waals surface area contributed by atoms with Gasteiger partial charge in [-0.05, 0) is 37.9 Å². The Morgan fingerprint density at radius 3 is 3.00 bits per heavy atom. The fourth-order valence-corrected chi connectivity index (χ4v) is 3.31. The highest BCUT2D eigenvalue weighted by Gasteiger charge is 2.40. The van der Waals surface area contributed by atoms with Gasteiger partial charge in [0.2, 0.25) is 0 Å². The quantitative estimate of drug-likeness (QED) is 0.865. The van der Waals surface area contributed by atoms with Crippen molar-refractivity contribution in [1.82, 2.24) is 10.3 Å². The third kappa shape index (κ3) is 2.12. The number of fused-ring (bicyclic) bond motifs is 1. The van der Waals surface area contributed by atoms with Gasteiger partial charge in [-0.1, -0.05) is 31.5 Å². The first-order valence-electron chi connectivity index (χ1n) is 7.40. The van der Waals surface area contributed by atoms with E-state index in [2.05, 4.69) is 17.2 Å². The summed E-state index contributed by atoms with van der Waals surface area (Å²) in [6.45, 7) is 3.08. The molecule has 0 saturated carbocycles. The molecule has 2 aromatic rings. The Morgan fingerprint density at radius 2 is 2.25 bits per heavy atom. The Balaban J connectivity index is 2.08. The summed E-state index contributed by atoms with van der Waals surface area (Å²) in [4.78, 5) is 17.4. The lowest BCUT2D eigenvalue weighted by Crippen LogP contribution is -2.47. The molecule has 3 rings (SSSR count). The van der Waals surface area contributed by atoms with E-state index in [1.165, 1.54) is 0 Å². The van der Waals surface area contributed by atoms with E-state index in [0.29, 0.717) is 0 Å². The molecule has 0 aliphatic carbocycles. The summed E-state index contributed by atoms with van der Waals surface area (Å²) < 4.78 is 0. The molecule has 3 heteroatoms. The average Bonchev–Trinajstić information content (AvgIpc) is 2.96. The molecule has 0 radical (unpaired) electrons. The molecule has 1 atom stereocenters. The highest BCUT2D eigenvalue weighted by Crippen LogP contribution is 2.31. The molecule has 1 saturated heterocycles. The third-order valence-electron chi connectivity index (χ3n) is 4.25. The van der Waals surface area contributed by atoms with Crippen LogP contribution in [0, 0.1) is 0 Å². The van der Waals surface area contributed by atoms with Crippen LogP contribution in [0.3, 0.4) is 0 Å². The summed E-state index contributed by atoms with van der Waals surface area (Å²) in [6, 6.07) is 9.71. The van der Waals surface area contributed by atoms with Gasteiger partial charge in [0.1, 0.15) is 0 Å². The maximum Gasteiger partial charge on any atom is 0.183 e. The van der Waals surface area contributed by atoms with Gasteiger partial charge in [-0.25, -0.2) is 0 Å². The van der Waals surface area contributed by atoms with Crippen molar-refractivity contribution in [3.63, 3.8) is 0 Å². The molecule has 1 aliphatic heterocycles. The molecule has 1 N–H and O–H groups in total. The van der Waals surface area contributed by atoms with E-state index in [0.717, 1.165) is 48.7 Å². The largest absolute Gasteiger partial charge is 0.305 e. The number of carbonyl (C=O) groups is 1. The lowest BCUT2D eigenvalue weighted by Gasteiger charge is -2.28. The average molecular weight is 268 g/mol. The molecule has 1 aromatic carbocycles. The SMILES string of the molecule is CCCC1(C(=O)c2cccc3ncccc23)CCCN1. The molecule has 1 aliphatic rings. The molecule has 104 valence electrons. The van der Waals surface area contributed by atoms with Gasteiger partial charge in [-0.2, -0.15) is 0 Å². The molecule has 0 bridgehead atoms. The summed E-state index contributed by atoms with van der Waals surface area (Å²) in [7, 11) is 0. The highest BCUT2D eigenvalue weighted by molar-refractivity contribution is 6.12. The van der Waals surface area contributed by atoms with Gasteiger partial charge < -0.3 is 5.32 Å². The lowest BCUT2D eigenvalue weighted by atomic mass is 9.83. The van der Waals surface area contributed by atoms with Gasteiger partial charge in [0.15, 0.2) is 5.78 Å². The van der Waals surface area contributed by atoms with E-state index >= 15 is 0 Å². The zero-order valence-corrected chi connectivity index (χ0v) is 11.9. The fraction of sp³-hybridized carbons (Fsp3) is 0.412. The van der Waals surface area contributed by atoms with Gasteiger partial charge in [-0.15, -0.1) is 0 Å². The minimum absolute atomic E-state index is 0.232. The van der Waals surface area contributed by atoms with Crippen molar-refractivity contribution in [3.8, 4) is 0 Å². The Kier molecular flexibility index (Phi) is 3.53. The van der Waals surface area contributed by atoms with Crippen molar-refractivity contribution in [3.05, 3.63) is 42.1 Å². The second-order valence-electron chi connectivity index (χ2n) is 5.57. The van der Waals surface area contributed by atoms with Crippen LogP contribution in [0.2, 0.25) is 0 Å². The molecule has 2 heterocycles. The third-order valence-corrected chi connectivity index (χ3v) is 4.25. The molecular weight excluding hydrogens is 248 g/mol. The molecular formula is C17H20N2O. The Morgan fingerprint density at radius 1 is 1.35 bits per heavy atom. The number of pyridine rings is 1. The Labute approximate surface area is 119 Å². The normalized spacial score (nSPS) is 22.2. The standard InChI is InChI=1S/C17H20N2O/c1-2-9-17(10-5-12-19-17)16(20)14-6-3-8-15-13(14)7-4-11-18-15/h3-4,6-8,11,19H,2,5,9-10,12H2,1H3. The number of rotatable bonds is 4. The zero-order chi connectivity index (χ0) is 14.0. The fourth-order valence-electron chi connectivity index (χ4n) is 3.31. The van der Waals surface area contributed by atoms with Crippen molar-refractivity contribution in [1.29, 1.82) is 0 Å². The van der Waals surface area contributed by atoms with Gasteiger partial charge in [0, 0.05) is 17.1 Å². The van der Waals surface area contributed by atoms with E-state index in [1.54, 1.807) is 6.20 Å². The van der Waals surface area contributed by atoms with Crippen molar-refractivity contribution in [2.24, 2.45) is 0 Å². The molecule has 3 nitrogen and oxygen atoms in total. The minimum Gasteiger partial charge on any atom is -0.305 e. The van der Waals surface area contributed by atoms with Crippen LogP contribution < -0.4 is 5.32 Å². The number of aromatic nitrogens is 1. The van der Waals surface area contributed by atoms with E-state index in [1.807, 2.05) is 30.3 Å². The van der Waals surface area contributed by atoms with Gasteiger partial charge in [-0.3, -0.25) is 9.78 Å². The first-order valence-corrected chi connectivity index (χ1v) is 7.40. The predicted octanol–water partition coefficient (Wildman–Crippen LogP) is 3.34. The number of benzene rings is 1. The number of ketones is 1. The first-order chi connectivity index (χ1) is 9.77. The summed E-state index contributed by atoms with van der Waals surface area (Å²) in [5.74, 6) is 0.232. The van der Waals surface area contributed by atoms with Crippen LogP contribution in [0.4, 0.5) is 0 Å². The van der Waals surface area contributed by atoms with Crippen LogP contribution in [0.25, 0.3) is 10.9 Å².